The maximum Gasteiger partial charge on any atom is 0.274 e. The summed E-state index contributed by atoms with van der Waals surface area (Å²) in [6.45, 7) is 2.65. The zero-order chi connectivity index (χ0) is 16.5. The van der Waals surface area contributed by atoms with Crippen molar-refractivity contribution >= 4 is 11.9 Å². The summed E-state index contributed by atoms with van der Waals surface area (Å²) in [6.07, 6.45) is 4.06. The number of methoxy groups -OCH3 is 1. The molecule has 0 atom stereocenters. The molecule has 4 rings (SSSR count). The first kappa shape index (κ1) is 14.9. The van der Waals surface area contributed by atoms with Crippen LogP contribution in [0.5, 0.6) is 5.88 Å². The van der Waals surface area contributed by atoms with E-state index in [0.717, 1.165) is 5.69 Å². The van der Waals surface area contributed by atoms with E-state index in [1.807, 2.05) is 11.0 Å². The number of rotatable bonds is 4. The van der Waals surface area contributed by atoms with Gasteiger partial charge in [0.15, 0.2) is 0 Å². The molecule has 8 heteroatoms. The van der Waals surface area contributed by atoms with Crippen LogP contribution in [0.3, 0.4) is 0 Å². The number of anilines is 1. The predicted molar refractivity (Wildman–Crippen MR) is 87.3 cm³/mol. The van der Waals surface area contributed by atoms with Crippen LogP contribution < -0.4 is 9.64 Å². The third-order valence-corrected chi connectivity index (χ3v) is 4.51. The van der Waals surface area contributed by atoms with Gasteiger partial charge in [0.1, 0.15) is 5.69 Å². The summed E-state index contributed by atoms with van der Waals surface area (Å²) < 4.78 is 5.14. The largest absolute Gasteiger partial charge is 0.481 e. The van der Waals surface area contributed by atoms with E-state index in [9.17, 15) is 4.79 Å². The summed E-state index contributed by atoms with van der Waals surface area (Å²) in [5.41, 5.74) is 1.60. The van der Waals surface area contributed by atoms with E-state index in [0.29, 0.717) is 49.6 Å². The molecule has 2 aliphatic rings. The average Bonchev–Trinajstić information content (AvgIpc) is 3.38. The van der Waals surface area contributed by atoms with Crippen molar-refractivity contribution in [1.29, 1.82) is 0 Å². The van der Waals surface area contributed by atoms with Gasteiger partial charge >= 0.3 is 0 Å². The van der Waals surface area contributed by atoms with Crippen molar-refractivity contribution in [2.75, 3.05) is 38.2 Å². The molecule has 24 heavy (non-hydrogen) atoms. The number of piperazine rings is 1. The average molecular weight is 328 g/mol. The first-order valence-corrected chi connectivity index (χ1v) is 8.21. The molecule has 1 aliphatic heterocycles. The van der Waals surface area contributed by atoms with Crippen LogP contribution in [0, 0.1) is 0 Å². The number of amides is 1. The van der Waals surface area contributed by atoms with Crippen LogP contribution in [0.25, 0.3) is 0 Å². The van der Waals surface area contributed by atoms with E-state index in [-0.39, 0.29) is 5.91 Å². The molecule has 2 aromatic heterocycles. The minimum Gasteiger partial charge on any atom is -0.481 e. The standard InChI is InChI=1S/C16H20N6O2/c1-24-14-4-5-17-16(18-14)22-8-6-21(7-9-22)15(23)13-10-12(19-20-13)11-2-3-11/h4-5,10-11H,2-3,6-9H2,1H3,(H,19,20). The van der Waals surface area contributed by atoms with E-state index in [1.165, 1.54) is 12.8 Å². The first-order chi connectivity index (χ1) is 11.7. The first-order valence-electron chi connectivity index (χ1n) is 8.21. The fourth-order valence-electron chi connectivity index (χ4n) is 2.92. The van der Waals surface area contributed by atoms with Crippen molar-refractivity contribution in [3.8, 4) is 5.88 Å². The molecule has 0 spiro atoms. The van der Waals surface area contributed by atoms with Crippen LogP contribution in [0.4, 0.5) is 5.95 Å². The van der Waals surface area contributed by atoms with Crippen LogP contribution in [-0.2, 0) is 0 Å². The fourth-order valence-corrected chi connectivity index (χ4v) is 2.92. The quantitative estimate of drug-likeness (QED) is 0.902. The Balaban J connectivity index is 1.38. The predicted octanol–water partition coefficient (Wildman–Crippen LogP) is 1.05. The fraction of sp³-hybridized carbons (Fsp3) is 0.500. The summed E-state index contributed by atoms with van der Waals surface area (Å²) >= 11 is 0. The zero-order valence-corrected chi connectivity index (χ0v) is 13.6. The minimum atomic E-state index is -0.00985. The highest BCUT2D eigenvalue weighted by atomic mass is 16.5. The van der Waals surface area contributed by atoms with Crippen molar-refractivity contribution in [2.24, 2.45) is 0 Å². The number of nitrogens with one attached hydrogen (secondary N) is 1. The number of nitrogens with zero attached hydrogens (tertiary/aromatic N) is 5. The Kier molecular flexibility index (Phi) is 3.79. The number of aromatic amines is 1. The number of carbonyl (C=O) groups is 1. The summed E-state index contributed by atoms with van der Waals surface area (Å²) in [6, 6.07) is 3.62. The smallest absolute Gasteiger partial charge is 0.274 e. The molecule has 0 unspecified atom stereocenters. The van der Waals surface area contributed by atoms with Crippen molar-refractivity contribution in [2.45, 2.75) is 18.8 Å². The number of hydrogen-bond acceptors (Lipinski definition) is 6. The van der Waals surface area contributed by atoms with Gasteiger partial charge in [0.2, 0.25) is 11.8 Å². The number of aromatic nitrogens is 4. The molecular weight excluding hydrogens is 308 g/mol. The second-order valence-corrected chi connectivity index (χ2v) is 6.16. The molecule has 1 saturated carbocycles. The number of ether oxygens (including phenoxy) is 1. The molecule has 1 saturated heterocycles. The van der Waals surface area contributed by atoms with E-state index < -0.39 is 0 Å². The molecule has 0 bridgehead atoms. The van der Waals surface area contributed by atoms with Gasteiger partial charge < -0.3 is 14.5 Å². The Hall–Kier alpha value is -2.64. The number of hydrogen-bond donors (Lipinski definition) is 1. The van der Waals surface area contributed by atoms with Gasteiger partial charge in [-0.1, -0.05) is 0 Å². The molecule has 1 N–H and O–H groups in total. The van der Waals surface area contributed by atoms with Crippen LogP contribution in [0.2, 0.25) is 0 Å². The van der Waals surface area contributed by atoms with Crippen LogP contribution in [0.1, 0.15) is 34.9 Å². The van der Waals surface area contributed by atoms with Crippen molar-refractivity contribution in [1.82, 2.24) is 25.1 Å². The molecule has 8 nitrogen and oxygen atoms in total. The Bertz CT molecular complexity index is 734. The van der Waals surface area contributed by atoms with Crippen LogP contribution >= 0.6 is 0 Å². The molecule has 2 fully saturated rings. The van der Waals surface area contributed by atoms with Gasteiger partial charge in [-0.2, -0.15) is 10.1 Å². The minimum absolute atomic E-state index is 0.00985. The molecule has 2 aromatic rings. The lowest BCUT2D eigenvalue weighted by atomic mass is 10.2. The molecule has 0 aromatic carbocycles. The van der Waals surface area contributed by atoms with Gasteiger partial charge in [-0.05, 0) is 18.9 Å². The Labute approximate surface area is 139 Å². The van der Waals surface area contributed by atoms with Gasteiger partial charge in [-0.15, -0.1) is 0 Å². The maximum absolute atomic E-state index is 12.6. The summed E-state index contributed by atoms with van der Waals surface area (Å²) in [5, 5.41) is 7.17. The number of H-pyrrole nitrogens is 1. The zero-order valence-electron chi connectivity index (χ0n) is 13.6. The lowest BCUT2D eigenvalue weighted by molar-refractivity contribution is 0.0740. The van der Waals surface area contributed by atoms with E-state index in [1.54, 1.807) is 19.4 Å². The molecule has 0 radical (unpaired) electrons. The summed E-state index contributed by atoms with van der Waals surface area (Å²) in [5.74, 6) is 1.74. The molecule has 1 amide bonds. The lowest BCUT2D eigenvalue weighted by Crippen LogP contribution is -2.49. The van der Waals surface area contributed by atoms with E-state index in [2.05, 4.69) is 25.1 Å². The number of carbonyl (C=O) groups excluding carboxylic acids is 1. The van der Waals surface area contributed by atoms with E-state index in [4.69, 9.17) is 4.74 Å². The van der Waals surface area contributed by atoms with Crippen LogP contribution in [0.15, 0.2) is 18.3 Å². The topological polar surface area (TPSA) is 87.2 Å². The third-order valence-electron chi connectivity index (χ3n) is 4.51. The monoisotopic (exact) mass is 328 g/mol. The second kappa shape index (κ2) is 6.10. The van der Waals surface area contributed by atoms with Crippen molar-refractivity contribution < 1.29 is 9.53 Å². The Morgan fingerprint density at radius 3 is 2.79 bits per heavy atom. The third kappa shape index (κ3) is 2.91. The Morgan fingerprint density at radius 1 is 1.29 bits per heavy atom. The van der Waals surface area contributed by atoms with Crippen molar-refractivity contribution in [3.05, 3.63) is 29.7 Å². The molecule has 1 aliphatic carbocycles. The van der Waals surface area contributed by atoms with Crippen molar-refractivity contribution in [3.63, 3.8) is 0 Å². The van der Waals surface area contributed by atoms with Gasteiger partial charge in [0, 0.05) is 50.1 Å². The molecule has 3 heterocycles. The van der Waals surface area contributed by atoms with Gasteiger partial charge in [0.05, 0.1) is 7.11 Å². The summed E-state index contributed by atoms with van der Waals surface area (Å²) in [7, 11) is 1.59. The maximum atomic E-state index is 12.6. The van der Waals surface area contributed by atoms with Gasteiger partial charge in [-0.25, -0.2) is 4.98 Å². The van der Waals surface area contributed by atoms with Crippen LogP contribution in [-0.4, -0.2) is 64.3 Å². The van der Waals surface area contributed by atoms with Gasteiger partial charge in [-0.3, -0.25) is 9.89 Å². The summed E-state index contributed by atoms with van der Waals surface area (Å²) in [4.78, 5) is 25.1. The molecule has 126 valence electrons. The highest BCUT2D eigenvalue weighted by Gasteiger charge is 2.29. The highest BCUT2D eigenvalue weighted by Crippen LogP contribution is 2.39. The van der Waals surface area contributed by atoms with Gasteiger partial charge in [0.25, 0.3) is 5.91 Å². The second-order valence-electron chi connectivity index (χ2n) is 6.16. The lowest BCUT2D eigenvalue weighted by Gasteiger charge is -2.34. The SMILES string of the molecule is COc1ccnc(N2CCN(C(=O)c3cc(C4CC4)[nH]n3)CC2)n1. The normalized spacial score (nSPS) is 17.9. The Morgan fingerprint density at radius 2 is 2.08 bits per heavy atom. The van der Waals surface area contributed by atoms with E-state index >= 15 is 0 Å². The highest BCUT2D eigenvalue weighted by molar-refractivity contribution is 5.92. The molecular formula is C16H20N6O2.